The van der Waals surface area contributed by atoms with Crippen LogP contribution in [0.25, 0.3) is 0 Å². The SMILES string of the molecule is Cc1cc(O)ccc1CCCCCCCCCCCCc1ccc(O)cc1C. The van der Waals surface area contributed by atoms with E-state index in [1.54, 1.807) is 12.1 Å². The van der Waals surface area contributed by atoms with Crippen LogP contribution in [-0.4, -0.2) is 10.2 Å². The zero-order chi connectivity index (χ0) is 20.2. The van der Waals surface area contributed by atoms with Crippen LogP contribution in [0.5, 0.6) is 11.5 Å². The third-order valence-corrected chi connectivity index (χ3v) is 5.79. The summed E-state index contributed by atoms with van der Waals surface area (Å²) < 4.78 is 0. The fraction of sp³-hybridized carbons (Fsp3) is 0.538. The number of phenolic OH excluding ortho intramolecular Hbond substituents is 2. The average Bonchev–Trinajstić information content (AvgIpc) is 2.65. The molecule has 0 radical (unpaired) electrons. The van der Waals surface area contributed by atoms with Gasteiger partial charge in [0.25, 0.3) is 0 Å². The molecule has 0 aliphatic rings. The summed E-state index contributed by atoms with van der Waals surface area (Å²) in [6.07, 6.45) is 15.5. The first-order valence-corrected chi connectivity index (χ1v) is 11.1. The van der Waals surface area contributed by atoms with Gasteiger partial charge in [-0.1, -0.05) is 63.5 Å². The van der Waals surface area contributed by atoms with Crippen molar-refractivity contribution in [3.8, 4) is 11.5 Å². The first-order valence-electron chi connectivity index (χ1n) is 11.1. The van der Waals surface area contributed by atoms with Crippen LogP contribution in [0, 0.1) is 13.8 Å². The molecule has 0 aromatic heterocycles. The van der Waals surface area contributed by atoms with Crippen molar-refractivity contribution >= 4 is 0 Å². The Morgan fingerprint density at radius 1 is 0.500 bits per heavy atom. The van der Waals surface area contributed by atoms with Crippen LogP contribution in [-0.2, 0) is 12.8 Å². The third kappa shape index (κ3) is 8.37. The molecule has 2 N–H and O–H groups in total. The van der Waals surface area contributed by atoms with E-state index in [9.17, 15) is 10.2 Å². The summed E-state index contributed by atoms with van der Waals surface area (Å²) in [6.45, 7) is 4.17. The van der Waals surface area contributed by atoms with Crippen molar-refractivity contribution < 1.29 is 10.2 Å². The largest absolute Gasteiger partial charge is 0.508 e. The molecule has 0 spiro atoms. The summed E-state index contributed by atoms with van der Waals surface area (Å²) in [4.78, 5) is 0. The Labute approximate surface area is 171 Å². The van der Waals surface area contributed by atoms with E-state index in [1.807, 2.05) is 12.1 Å². The Balaban J connectivity index is 1.40. The molecule has 0 amide bonds. The number of unbranched alkanes of at least 4 members (excludes halogenated alkanes) is 9. The van der Waals surface area contributed by atoms with Crippen molar-refractivity contribution in [1.29, 1.82) is 0 Å². The maximum Gasteiger partial charge on any atom is 0.115 e. The molecule has 0 bridgehead atoms. The van der Waals surface area contributed by atoms with Gasteiger partial charge >= 0.3 is 0 Å². The van der Waals surface area contributed by atoms with Gasteiger partial charge in [-0.3, -0.25) is 0 Å². The lowest BCUT2D eigenvalue weighted by atomic mass is 9.99. The second-order valence-corrected chi connectivity index (χ2v) is 8.26. The smallest absolute Gasteiger partial charge is 0.115 e. The predicted octanol–water partition coefficient (Wildman–Crippen LogP) is 7.40. The molecular weight excluding hydrogens is 344 g/mol. The monoisotopic (exact) mass is 382 g/mol. The molecule has 0 fully saturated rings. The lowest BCUT2D eigenvalue weighted by molar-refractivity contribution is 0.474. The molecule has 0 atom stereocenters. The first-order chi connectivity index (χ1) is 13.6. The zero-order valence-corrected chi connectivity index (χ0v) is 17.8. The number of aryl methyl sites for hydroxylation is 4. The Morgan fingerprint density at radius 2 is 0.821 bits per heavy atom. The van der Waals surface area contributed by atoms with Crippen molar-refractivity contribution in [2.75, 3.05) is 0 Å². The molecular formula is C26H38O2. The molecule has 2 rings (SSSR count). The molecule has 0 aliphatic heterocycles. The van der Waals surface area contributed by atoms with Crippen molar-refractivity contribution in [2.45, 2.75) is 90.9 Å². The van der Waals surface area contributed by atoms with Crippen molar-refractivity contribution in [1.82, 2.24) is 0 Å². The Kier molecular flexibility index (Phi) is 9.96. The maximum absolute atomic E-state index is 9.46. The molecule has 0 saturated carbocycles. The Bertz CT molecular complexity index is 644. The van der Waals surface area contributed by atoms with Crippen molar-refractivity contribution in [2.24, 2.45) is 0 Å². The van der Waals surface area contributed by atoms with E-state index in [0.717, 1.165) is 12.8 Å². The number of hydrogen-bond acceptors (Lipinski definition) is 2. The van der Waals surface area contributed by atoms with E-state index in [-0.39, 0.29) is 0 Å². The lowest BCUT2D eigenvalue weighted by Crippen LogP contribution is -1.90. The van der Waals surface area contributed by atoms with Gasteiger partial charge in [-0.05, 0) is 86.1 Å². The quantitative estimate of drug-likeness (QED) is 0.354. The van der Waals surface area contributed by atoms with Gasteiger partial charge < -0.3 is 10.2 Å². The lowest BCUT2D eigenvalue weighted by Gasteiger charge is -2.07. The molecule has 154 valence electrons. The summed E-state index contributed by atoms with van der Waals surface area (Å²) >= 11 is 0. The minimum atomic E-state index is 0.372. The van der Waals surface area contributed by atoms with Gasteiger partial charge in [0.05, 0.1) is 0 Å². The van der Waals surface area contributed by atoms with Gasteiger partial charge in [0.2, 0.25) is 0 Å². The average molecular weight is 383 g/mol. The minimum Gasteiger partial charge on any atom is -0.508 e. The highest BCUT2D eigenvalue weighted by Gasteiger charge is 2.01. The summed E-state index contributed by atoms with van der Waals surface area (Å²) in [7, 11) is 0. The van der Waals surface area contributed by atoms with Crippen LogP contribution < -0.4 is 0 Å². The van der Waals surface area contributed by atoms with Gasteiger partial charge in [-0.25, -0.2) is 0 Å². The molecule has 2 aromatic rings. The first kappa shape index (κ1) is 22.3. The second kappa shape index (κ2) is 12.5. The third-order valence-electron chi connectivity index (χ3n) is 5.79. The van der Waals surface area contributed by atoms with Gasteiger partial charge in [0.1, 0.15) is 11.5 Å². The molecule has 2 aromatic carbocycles. The zero-order valence-electron chi connectivity index (χ0n) is 17.8. The second-order valence-electron chi connectivity index (χ2n) is 8.26. The molecule has 0 aliphatic carbocycles. The normalized spacial score (nSPS) is 11.1. The highest BCUT2D eigenvalue weighted by Crippen LogP contribution is 2.20. The van der Waals surface area contributed by atoms with Crippen LogP contribution in [0.3, 0.4) is 0 Å². The van der Waals surface area contributed by atoms with Crippen molar-refractivity contribution in [3.05, 3.63) is 58.7 Å². The highest BCUT2D eigenvalue weighted by molar-refractivity contribution is 5.34. The molecule has 2 nitrogen and oxygen atoms in total. The number of benzene rings is 2. The number of rotatable bonds is 13. The van der Waals surface area contributed by atoms with Crippen molar-refractivity contribution in [3.63, 3.8) is 0 Å². The van der Waals surface area contributed by atoms with Gasteiger partial charge in [-0.15, -0.1) is 0 Å². The van der Waals surface area contributed by atoms with E-state index in [0.29, 0.717) is 11.5 Å². The van der Waals surface area contributed by atoms with E-state index in [2.05, 4.69) is 26.0 Å². The number of phenols is 2. The van der Waals surface area contributed by atoms with Gasteiger partial charge in [-0.2, -0.15) is 0 Å². The van der Waals surface area contributed by atoms with Crippen LogP contribution in [0.4, 0.5) is 0 Å². The van der Waals surface area contributed by atoms with E-state index in [4.69, 9.17) is 0 Å². The molecule has 2 heteroatoms. The summed E-state index contributed by atoms with van der Waals surface area (Å²) in [6, 6.07) is 11.5. The molecule has 0 unspecified atom stereocenters. The van der Waals surface area contributed by atoms with Gasteiger partial charge in [0, 0.05) is 0 Å². The highest BCUT2D eigenvalue weighted by atomic mass is 16.3. The topological polar surface area (TPSA) is 40.5 Å². The Hall–Kier alpha value is -1.96. The van der Waals surface area contributed by atoms with Gasteiger partial charge in [0.15, 0.2) is 0 Å². The van der Waals surface area contributed by atoms with E-state index < -0.39 is 0 Å². The minimum absolute atomic E-state index is 0.372. The van der Waals surface area contributed by atoms with Crippen LogP contribution in [0.1, 0.15) is 86.5 Å². The molecule has 28 heavy (non-hydrogen) atoms. The summed E-state index contributed by atoms with van der Waals surface area (Å²) in [5.41, 5.74) is 5.17. The number of aromatic hydroxyl groups is 2. The predicted molar refractivity (Wildman–Crippen MR) is 119 cm³/mol. The van der Waals surface area contributed by atoms with E-state index >= 15 is 0 Å². The standard InChI is InChI=1S/C26H38O2/c1-21-19-25(27)17-15-23(21)13-11-9-7-5-3-4-6-8-10-12-14-24-16-18-26(28)20-22(24)2/h15-20,27-28H,3-14H2,1-2H3. The van der Waals surface area contributed by atoms with Crippen LogP contribution in [0.2, 0.25) is 0 Å². The summed E-state index contributed by atoms with van der Waals surface area (Å²) in [5.74, 6) is 0.744. The van der Waals surface area contributed by atoms with E-state index in [1.165, 1.54) is 86.5 Å². The fourth-order valence-electron chi connectivity index (χ4n) is 3.97. The summed E-state index contributed by atoms with van der Waals surface area (Å²) in [5, 5.41) is 18.9. The maximum atomic E-state index is 9.46. The Morgan fingerprint density at radius 3 is 1.14 bits per heavy atom. The number of hydrogen-bond donors (Lipinski definition) is 2. The fourth-order valence-corrected chi connectivity index (χ4v) is 3.97. The molecule has 0 saturated heterocycles. The molecule has 0 heterocycles. The van der Waals surface area contributed by atoms with Crippen LogP contribution >= 0.6 is 0 Å². The van der Waals surface area contributed by atoms with Crippen LogP contribution in [0.15, 0.2) is 36.4 Å².